The molecule has 2 aliphatic rings. The fraction of sp³-hybridized carbons (Fsp3) is 0.333. The number of amides is 2. The molecule has 2 amide bonds. The van der Waals surface area contributed by atoms with Crippen LogP contribution in [0.15, 0.2) is 35.7 Å². The number of nitrogens with one attached hydrogen (secondary N) is 1. The maximum Gasteiger partial charge on any atom is 0.228 e. The lowest BCUT2D eigenvalue weighted by atomic mass is 10.1. The number of carbonyl (C=O) groups excluding carboxylic acids is 2. The Morgan fingerprint density at radius 3 is 2.75 bits per heavy atom. The standard InChI is InChI=1S/C18H19N3O2S/c22-17-11-13-10-14(3-4-16(13)19-17)20-5-7-21(8-6-20)18(23)12-15-2-1-9-24-15/h1-4,9-10H,5-8,11-12H2,(H,19,22). The van der Waals surface area contributed by atoms with Crippen molar-refractivity contribution in [1.82, 2.24) is 4.90 Å². The maximum absolute atomic E-state index is 12.4. The van der Waals surface area contributed by atoms with Gasteiger partial charge < -0.3 is 15.1 Å². The van der Waals surface area contributed by atoms with E-state index < -0.39 is 0 Å². The van der Waals surface area contributed by atoms with E-state index >= 15 is 0 Å². The molecule has 0 unspecified atom stereocenters. The fourth-order valence-corrected chi connectivity index (χ4v) is 4.00. The first-order valence-electron chi connectivity index (χ1n) is 8.17. The van der Waals surface area contributed by atoms with E-state index in [9.17, 15) is 9.59 Å². The molecule has 1 saturated heterocycles. The third-order valence-electron chi connectivity index (χ3n) is 4.62. The Balaban J connectivity index is 1.37. The Labute approximate surface area is 144 Å². The van der Waals surface area contributed by atoms with Gasteiger partial charge in [-0.05, 0) is 35.2 Å². The molecule has 2 aromatic rings. The smallest absolute Gasteiger partial charge is 0.228 e. The molecule has 2 aliphatic heterocycles. The second-order valence-corrected chi connectivity index (χ2v) is 7.22. The van der Waals surface area contributed by atoms with Gasteiger partial charge in [0.15, 0.2) is 0 Å². The number of carbonyl (C=O) groups is 2. The Bertz CT molecular complexity index is 765. The molecule has 1 aromatic heterocycles. The predicted molar refractivity (Wildman–Crippen MR) is 95.6 cm³/mol. The molecule has 0 spiro atoms. The van der Waals surface area contributed by atoms with Gasteiger partial charge in [0.2, 0.25) is 11.8 Å². The number of hydrogen-bond donors (Lipinski definition) is 1. The summed E-state index contributed by atoms with van der Waals surface area (Å²) in [6.45, 7) is 3.16. The number of thiophene rings is 1. The maximum atomic E-state index is 12.4. The van der Waals surface area contributed by atoms with Gasteiger partial charge in [0.1, 0.15) is 0 Å². The van der Waals surface area contributed by atoms with Gasteiger partial charge in [0, 0.05) is 42.4 Å². The van der Waals surface area contributed by atoms with Crippen molar-refractivity contribution >= 4 is 34.5 Å². The summed E-state index contributed by atoms with van der Waals surface area (Å²) in [6, 6.07) is 10.1. The Kier molecular flexibility index (Phi) is 3.98. The van der Waals surface area contributed by atoms with Crippen molar-refractivity contribution in [3.63, 3.8) is 0 Å². The number of fused-ring (bicyclic) bond motifs is 1. The van der Waals surface area contributed by atoms with E-state index in [4.69, 9.17) is 0 Å². The molecule has 5 nitrogen and oxygen atoms in total. The number of hydrogen-bond acceptors (Lipinski definition) is 4. The molecule has 1 N–H and O–H groups in total. The minimum Gasteiger partial charge on any atom is -0.368 e. The van der Waals surface area contributed by atoms with E-state index in [2.05, 4.69) is 16.3 Å². The lowest BCUT2D eigenvalue weighted by Gasteiger charge is -2.36. The van der Waals surface area contributed by atoms with Crippen molar-refractivity contribution in [3.05, 3.63) is 46.2 Å². The van der Waals surface area contributed by atoms with Gasteiger partial charge in [0.05, 0.1) is 12.8 Å². The minimum atomic E-state index is 0.0612. The summed E-state index contributed by atoms with van der Waals surface area (Å²) in [5.41, 5.74) is 3.12. The molecule has 124 valence electrons. The molecule has 6 heteroatoms. The van der Waals surface area contributed by atoms with E-state index in [1.54, 1.807) is 11.3 Å². The summed E-state index contributed by atoms with van der Waals surface area (Å²) >= 11 is 1.63. The van der Waals surface area contributed by atoms with Gasteiger partial charge in [-0.1, -0.05) is 6.07 Å². The van der Waals surface area contributed by atoms with Crippen LogP contribution in [-0.4, -0.2) is 42.9 Å². The normalized spacial score (nSPS) is 16.9. The quantitative estimate of drug-likeness (QED) is 0.931. The molecule has 1 aromatic carbocycles. The second kappa shape index (κ2) is 6.28. The molecular weight excluding hydrogens is 322 g/mol. The zero-order chi connectivity index (χ0) is 16.5. The van der Waals surface area contributed by atoms with E-state index in [1.165, 1.54) is 0 Å². The number of benzene rings is 1. The molecule has 1 fully saturated rings. The van der Waals surface area contributed by atoms with Crippen LogP contribution in [0.4, 0.5) is 11.4 Å². The summed E-state index contributed by atoms with van der Waals surface area (Å²) < 4.78 is 0. The number of piperazine rings is 1. The highest BCUT2D eigenvalue weighted by molar-refractivity contribution is 7.10. The average molecular weight is 341 g/mol. The minimum absolute atomic E-state index is 0.0612. The van der Waals surface area contributed by atoms with Crippen LogP contribution in [0.2, 0.25) is 0 Å². The van der Waals surface area contributed by atoms with Crippen molar-refractivity contribution in [2.45, 2.75) is 12.8 Å². The molecule has 0 aliphatic carbocycles. The van der Waals surface area contributed by atoms with E-state index in [1.807, 2.05) is 34.5 Å². The zero-order valence-corrected chi connectivity index (χ0v) is 14.1. The largest absolute Gasteiger partial charge is 0.368 e. The molecule has 24 heavy (non-hydrogen) atoms. The molecule has 4 rings (SSSR count). The van der Waals surface area contributed by atoms with Crippen LogP contribution in [0.1, 0.15) is 10.4 Å². The second-order valence-electron chi connectivity index (χ2n) is 6.19. The van der Waals surface area contributed by atoms with Crippen molar-refractivity contribution in [2.75, 3.05) is 36.4 Å². The van der Waals surface area contributed by atoms with Crippen molar-refractivity contribution in [2.24, 2.45) is 0 Å². The average Bonchev–Trinajstić information content (AvgIpc) is 3.22. The Hall–Kier alpha value is -2.34. The Morgan fingerprint density at radius 1 is 1.17 bits per heavy atom. The highest BCUT2D eigenvalue weighted by Gasteiger charge is 2.23. The van der Waals surface area contributed by atoms with Crippen LogP contribution in [0.5, 0.6) is 0 Å². The van der Waals surface area contributed by atoms with Crippen LogP contribution in [-0.2, 0) is 22.4 Å². The number of rotatable bonds is 3. The lowest BCUT2D eigenvalue weighted by molar-refractivity contribution is -0.130. The molecular formula is C18H19N3O2S. The third-order valence-corrected chi connectivity index (χ3v) is 5.49. The van der Waals surface area contributed by atoms with Crippen LogP contribution >= 0.6 is 11.3 Å². The first kappa shape index (κ1) is 15.2. The van der Waals surface area contributed by atoms with Gasteiger partial charge in [-0.2, -0.15) is 0 Å². The monoisotopic (exact) mass is 341 g/mol. The zero-order valence-electron chi connectivity index (χ0n) is 13.3. The van der Waals surface area contributed by atoms with E-state index in [0.29, 0.717) is 12.8 Å². The molecule has 0 radical (unpaired) electrons. The van der Waals surface area contributed by atoms with Gasteiger partial charge in [0.25, 0.3) is 0 Å². The fourth-order valence-electron chi connectivity index (χ4n) is 3.30. The summed E-state index contributed by atoms with van der Waals surface area (Å²) in [6.07, 6.45) is 0.965. The van der Waals surface area contributed by atoms with Gasteiger partial charge in [-0.25, -0.2) is 0 Å². The topological polar surface area (TPSA) is 52.7 Å². The van der Waals surface area contributed by atoms with Crippen molar-refractivity contribution in [3.8, 4) is 0 Å². The first-order valence-corrected chi connectivity index (χ1v) is 9.05. The van der Waals surface area contributed by atoms with Gasteiger partial charge in [-0.3, -0.25) is 9.59 Å². The predicted octanol–water partition coefficient (Wildman–Crippen LogP) is 2.13. The summed E-state index contributed by atoms with van der Waals surface area (Å²) in [7, 11) is 0. The van der Waals surface area contributed by atoms with Gasteiger partial charge in [-0.15, -0.1) is 11.3 Å². The SMILES string of the molecule is O=C1Cc2cc(N3CCN(C(=O)Cc4cccs4)CC3)ccc2N1. The van der Waals surface area contributed by atoms with Crippen molar-refractivity contribution in [1.29, 1.82) is 0 Å². The van der Waals surface area contributed by atoms with Crippen molar-refractivity contribution < 1.29 is 9.59 Å². The molecule has 3 heterocycles. The number of nitrogens with zero attached hydrogens (tertiary/aromatic N) is 2. The van der Waals surface area contributed by atoms with Crippen LogP contribution in [0, 0.1) is 0 Å². The summed E-state index contributed by atoms with van der Waals surface area (Å²) in [5, 5.41) is 4.87. The first-order chi connectivity index (χ1) is 11.7. The molecule has 0 bridgehead atoms. The summed E-state index contributed by atoms with van der Waals surface area (Å²) in [5.74, 6) is 0.270. The lowest BCUT2D eigenvalue weighted by Crippen LogP contribution is -2.49. The van der Waals surface area contributed by atoms with Crippen LogP contribution < -0.4 is 10.2 Å². The number of anilines is 2. The van der Waals surface area contributed by atoms with E-state index in [0.717, 1.165) is 48.0 Å². The highest BCUT2D eigenvalue weighted by atomic mass is 32.1. The highest BCUT2D eigenvalue weighted by Crippen LogP contribution is 2.28. The summed E-state index contributed by atoms with van der Waals surface area (Å²) in [4.78, 5) is 29.2. The third kappa shape index (κ3) is 3.01. The Morgan fingerprint density at radius 2 is 2.00 bits per heavy atom. The van der Waals surface area contributed by atoms with Crippen LogP contribution in [0.3, 0.4) is 0 Å². The van der Waals surface area contributed by atoms with Crippen LogP contribution in [0.25, 0.3) is 0 Å². The van der Waals surface area contributed by atoms with Gasteiger partial charge >= 0.3 is 0 Å². The molecule has 0 atom stereocenters. The molecule has 0 saturated carbocycles. The van der Waals surface area contributed by atoms with E-state index in [-0.39, 0.29) is 11.8 Å².